The van der Waals surface area contributed by atoms with Gasteiger partial charge in [-0.05, 0) is 54.8 Å². The number of aliphatic hydroxyl groups excluding tert-OH is 1. The first kappa shape index (κ1) is 24.4. The van der Waals surface area contributed by atoms with Gasteiger partial charge in [-0.25, -0.2) is 4.98 Å². The highest BCUT2D eigenvalue weighted by atomic mass is 16.5. The Labute approximate surface area is 215 Å². The third-order valence-corrected chi connectivity index (χ3v) is 6.65. The van der Waals surface area contributed by atoms with Gasteiger partial charge in [0.05, 0.1) is 17.9 Å². The predicted molar refractivity (Wildman–Crippen MR) is 138 cm³/mol. The first-order valence-electron chi connectivity index (χ1n) is 12.3. The zero-order valence-corrected chi connectivity index (χ0v) is 20.7. The normalized spacial score (nSPS) is 20.1. The second-order valence-corrected chi connectivity index (χ2v) is 9.27. The van der Waals surface area contributed by atoms with Gasteiger partial charge in [0.1, 0.15) is 30.0 Å². The summed E-state index contributed by atoms with van der Waals surface area (Å²) in [5.74, 6) is -0.0802. The van der Waals surface area contributed by atoms with E-state index in [1.807, 2.05) is 35.9 Å². The van der Waals surface area contributed by atoms with Crippen molar-refractivity contribution in [2.24, 2.45) is 0 Å². The van der Waals surface area contributed by atoms with Crippen LogP contribution in [-0.2, 0) is 22.6 Å². The molecular formula is C29H29N3O5. The highest BCUT2D eigenvalue weighted by Gasteiger charge is 2.45. The summed E-state index contributed by atoms with van der Waals surface area (Å²) in [6.07, 6.45) is 8.31. The predicted octanol–water partition coefficient (Wildman–Crippen LogP) is 4.28. The minimum atomic E-state index is -0.723. The molecule has 2 unspecified atom stereocenters. The zero-order chi connectivity index (χ0) is 25.9. The molecule has 0 bridgehead atoms. The fraction of sp³-hybridized carbons (Fsp3) is 0.276. The molecule has 2 aliphatic heterocycles. The van der Waals surface area contributed by atoms with Gasteiger partial charge in [-0.1, -0.05) is 24.8 Å². The van der Waals surface area contributed by atoms with Gasteiger partial charge >= 0.3 is 0 Å². The number of fused-ring (bicyclic) bond motifs is 1. The van der Waals surface area contributed by atoms with E-state index in [9.17, 15) is 14.7 Å². The number of aliphatic hydroxyl groups is 1. The molecule has 5 rings (SSSR count). The van der Waals surface area contributed by atoms with Gasteiger partial charge in [0, 0.05) is 37.5 Å². The molecule has 37 heavy (non-hydrogen) atoms. The number of aryl methyl sites for hydroxylation is 1. The highest BCUT2D eigenvalue weighted by Crippen LogP contribution is 2.41. The summed E-state index contributed by atoms with van der Waals surface area (Å²) in [5.41, 5.74) is 2.25. The first-order chi connectivity index (χ1) is 18.0. The summed E-state index contributed by atoms with van der Waals surface area (Å²) in [6, 6.07) is 11.9. The van der Waals surface area contributed by atoms with E-state index >= 15 is 0 Å². The average Bonchev–Trinajstić information content (AvgIpc) is 3.61. The molecule has 1 amide bonds. The Hall–Kier alpha value is -4.33. The number of ketones is 1. The maximum atomic E-state index is 13.3. The number of carbonyl (C=O) groups excluding carboxylic acids is 2. The molecule has 8 nitrogen and oxygen atoms in total. The second-order valence-electron chi connectivity index (χ2n) is 9.27. The van der Waals surface area contributed by atoms with Crippen LogP contribution in [0.4, 0.5) is 0 Å². The Balaban J connectivity index is 1.51. The average molecular weight is 500 g/mol. The number of hydrogen-bond acceptors (Lipinski definition) is 6. The largest absolute Gasteiger partial charge is 0.507 e. The number of Topliss-reactive ketones (excluding diaryl/α,β-unsaturated/α-hetero) is 1. The van der Waals surface area contributed by atoms with Gasteiger partial charge in [-0.3, -0.25) is 9.59 Å². The van der Waals surface area contributed by atoms with Crippen LogP contribution in [0.3, 0.4) is 0 Å². The van der Waals surface area contributed by atoms with Crippen molar-refractivity contribution in [1.82, 2.24) is 14.5 Å². The van der Waals surface area contributed by atoms with Crippen molar-refractivity contribution in [1.29, 1.82) is 0 Å². The number of likely N-dealkylation sites (tertiary alicyclic amines) is 1. The molecule has 1 aromatic heterocycles. The van der Waals surface area contributed by atoms with E-state index in [1.165, 1.54) is 0 Å². The van der Waals surface area contributed by atoms with Gasteiger partial charge in [-0.2, -0.15) is 0 Å². The molecule has 2 atom stereocenters. The monoisotopic (exact) mass is 499 g/mol. The summed E-state index contributed by atoms with van der Waals surface area (Å²) in [4.78, 5) is 32.1. The van der Waals surface area contributed by atoms with Crippen molar-refractivity contribution in [2.45, 2.75) is 38.5 Å². The Morgan fingerprint density at radius 1 is 1.22 bits per heavy atom. The number of benzene rings is 2. The topological polar surface area (TPSA) is 93.9 Å². The van der Waals surface area contributed by atoms with Crippen LogP contribution in [0.1, 0.15) is 36.1 Å². The van der Waals surface area contributed by atoms with E-state index in [-0.39, 0.29) is 17.4 Å². The molecule has 8 heteroatoms. The van der Waals surface area contributed by atoms with E-state index in [0.717, 1.165) is 11.3 Å². The van der Waals surface area contributed by atoms with Crippen molar-refractivity contribution in [3.8, 4) is 11.5 Å². The lowest BCUT2D eigenvalue weighted by Gasteiger charge is -2.25. The third-order valence-electron chi connectivity index (χ3n) is 6.65. The van der Waals surface area contributed by atoms with Crippen LogP contribution in [0, 0.1) is 0 Å². The molecule has 0 saturated carbocycles. The summed E-state index contributed by atoms with van der Waals surface area (Å²) in [7, 11) is 0. The lowest BCUT2D eigenvalue weighted by Crippen LogP contribution is -2.31. The molecule has 0 radical (unpaired) electrons. The molecule has 0 spiro atoms. The van der Waals surface area contributed by atoms with E-state index in [2.05, 4.69) is 11.6 Å². The van der Waals surface area contributed by atoms with Crippen LogP contribution in [0.5, 0.6) is 11.5 Å². The van der Waals surface area contributed by atoms with Crippen LogP contribution in [0.15, 0.2) is 79.4 Å². The molecule has 1 fully saturated rings. The van der Waals surface area contributed by atoms with Gasteiger partial charge in [-0.15, -0.1) is 0 Å². The molecule has 2 aromatic carbocycles. The van der Waals surface area contributed by atoms with E-state index in [1.54, 1.807) is 47.8 Å². The molecule has 190 valence electrons. The van der Waals surface area contributed by atoms with Crippen molar-refractivity contribution < 1.29 is 24.2 Å². The van der Waals surface area contributed by atoms with E-state index < -0.39 is 17.7 Å². The SMILES string of the molecule is C=CCOc1ccc(C2/C(=C(/O)c3ccc4c(c3)CC(C)O4)C(=O)C(=O)N2CCCn2ccnc2)cc1. The highest BCUT2D eigenvalue weighted by molar-refractivity contribution is 6.46. The second kappa shape index (κ2) is 10.3. The Bertz CT molecular complexity index is 1340. The Morgan fingerprint density at radius 3 is 2.76 bits per heavy atom. The molecule has 3 aromatic rings. The maximum Gasteiger partial charge on any atom is 0.295 e. The number of imidazole rings is 1. The zero-order valence-electron chi connectivity index (χ0n) is 20.7. The number of hydrogen-bond donors (Lipinski definition) is 1. The number of ether oxygens (including phenoxy) is 2. The third kappa shape index (κ3) is 4.87. The summed E-state index contributed by atoms with van der Waals surface area (Å²) < 4.78 is 13.3. The number of carbonyl (C=O) groups is 2. The van der Waals surface area contributed by atoms with Gasteiger partial charge < -0.3 is 24.0 Å². The summed E-state index contributed by atoms with van der Waals surface area (Å²) in [5, 5.41) is 11.4. The Kier molecular flexibility index (Phi) is 6.81. The quantitative estimate of drug-likeness (QED) is 0.204. The molecule has 1 saturated heterocycles. The van der Waals surface area contributed by atoms with Crippen molar-refractivity contribution in [3.05, 3.63) is 96.1 Å². The number of amides is 1. The number of aromatic nitrogens is 2. The first-order valence-corrected chi connectivity index (χ1v) is 12.3. The van der Waals surface area contributed by atoms with Crippen LogP contribution in [-0.4, -0.2) is 50.5 Å². The summed E-state index contributed by atoms with van der Waals surface area (Å²) in [6.45, 7) is 7.00. The number of nitrogens with zero attached hydrogens (tertiary/aromatic N) is 3. The van der Waals surface area contributed by atoms with Crippen LogP contribution >= 0.6 is 0 Å². The van der Waals surface area contributed by atoms with Gasteiger partial charge in [0.2, 0.25) is 0 Å². The lowest BCUT2D eigenvalue weighted by atomic mass is 9.94. The van der Waals surface area contributed by atoms with Gasteiger partial charge in [0.25, 0.3) is 11.7 Å². The maximum absolute atomic E-state index is 13.3. The van der Waals surface area contributed by atoms with E-state index in [0.29, 0.717) is 49.4 Å². The molecular weight excluding hydrogens is 470 g/mol. The molecule has 1 N–H and O–H groups in total. The number of rotatable bonds is 9. The lowest BCUT2D eigenvalue weighted by molar-refractivity contribution is -0.139. The van der Waals surface area contributed by atoms with Crippen molar-refractivity contribution in [2.75, 3.05) is 13.2 Å². The van der Waals surface area contributed by atoms with Crippen LogP contribution in [0.2, 0.25) is 0 Å². The fourth-order valence-electron chi connectivity index (χ4n) is 4.93. The van der Waals surface area contributed by atoms with Crippen molar-refractivity contribution >= 4 is 17.4 Å². The smallest absolute Gasteiger partial charge is 0.295 e. The van der Waals surface area contributed by atoms with Gasteiger partial charge in [0.15, 0.2) is 0 Å². The molecule has 0 aliphatic carbocycles. The molecule has 3 heterocycles. The van der Waals surface area contributed by atoms with Crippen molar-refractivity contribution in [3.63, 3.8) is 0 Å². The van der Waals surface area contributed by atoms with Crippen LogP contribution in [0.25, 0.3) is 5.76 Å². The molecule has 2 aliphatic rings. The minimum Gasteiger partial charge on any atom is -0.507 e. The standard InChI is InChI=1S/C29H29N3O5/c1-3-15-36-23-8-5-20(6-9-23)26-25(27(33)21-7-10-24-22(17-21)16-19(2)37-24)28(34)29(35)32(26)13-4-12-31-14-11-30-18-31/h3,5-11,14,17-19,26,33H,1,4,12-13,15-16H2,2H3/b27-25-. The Morgan fingerprint density at radius 2 is 2.03 bits per heavy atom. The minimum absolute atomic E-state index is 0.0512. The summed E-state index contributed by atoms with van der Waals surface area (Å²) >= 11 is 0. The van der Waals surface area contributed by atoms with E-state index in [4.69, 9.17) is 9.47 Å². The fourth-order valence-corrected chi connectivity index (χ4v) is 4.93. The van der Waals surface area contributed by atoms with Crippen LogP contribution < -0.4 is 9.47 Å².